The average molecular weight is 269 g/mol. The second-order valence-electron chi connectivity index (χ2n) is 4.35. The molecule has 0 unspecified atom stereocenters. The zero-order valence-electron chi connectivity index (χ0n) is 10.9. The van der Waals surface area contributed by atoms with Crippen LogP contribution in [0.3, 0.4) is 0 Å². The van der Waals surface area contributed by atoms with Gasteiger partial charge in [-0.2, -0.15) is 0 Å². The Bertz CT molecular complexity index is 588. The molecule has 0 radical (unpaired) electrons. The molecule has 0 atom stereocenters. The summed E-state index contributed by atoms with van der Waals surface area (Å²) >= 11 is 0. The Morgan fingerprint density at radius 2 is 1.70 bits per heavy atom. The van der Waals surface area contributed by atoms with Crippen molar-refractivity contribution in [1.82, 2.24) is 0 Å². The van der Waals surface area contributed by atoms with E-state index in [1.165, 1.54) is 0 Å². The maximum atomic E-state index is 10.9. The lowest BCUT2D eigenvalue weighted by Crippen LogP contribution is -2.10. The lowest BCUT2D eigenvalue weighted by molar-refractivity contribution is 0.1000. The Morgan fingerprint density at radius 1 is 1.05 bits per heavy atom. The molecule has 0 aromatic heterocycles. The second-order valence-corrected chi connectivity index (χ2v) is 4.35. The summed E-state index contributed by atoms with van der Waals surface area (Å²) < 4.78 is 5.58. The third-order valence-corrected chi connectivity index (χ3v) is 2.91. The fourth-order valence-electron chi connectivity index (χ4n) is 1.77. The summed E-state index contributed by atoms with van der Waals surface area (Å²) in [7, 11) is 0. The highest BCUT2D eigenvalue weighted by Gasteiger charge is 2.00. The summed E-state index contributed by atoms with van der Waals surface area (Å²) in [5.41, 5.74) is 7.37. The summed E-state index contributed by atoms with van der Waals surface area (Å²) in [4.78, 5) is 21.5. The van der Waals surface area contributed by atoms with Crippen LogP contribution in [0, 0.1) is 0 Å². The highest BCUT2D eigenvalue weighted by atomic mass is 16.5. The quantitative estimate of drug-likeness (QED) is 0.817. The highest BCUT2D eigenvalue weighted by Crippen LogP contribution is 2.12. The third kappa shape index (κ3) is 3.68. The van der Waals surface area contributed by atoms with Crippen molar-refractivity contribution in [2.24, 2.45) is 5.73 Å². The van der Waals surface area contributed by atoms with Crippen molar-refractivity contribution in [2.75, 3.05) is 6.61 Å². The number of benzene rings is 2. The lowest BCUT2D eigenvalue weighted by atomic mass is 10.1. The standard InChI is InChI=1S/C16H15NO3/c17-16(19)14-5-1-12(2-6-14)9-10-20-15-7-3-13(11-18)4-8-15/h1-8,11H,9-10H2,(H2,17,19). The molecule has 0 heterocycles. The van der Waals surface area contributed by atoms with Crippen LogP contribution in [0.25, 0.3) is 0 Å². The zero-order chi connectivity index (χ0) is 14.4. The maximum Gasteiger partial charge on any atom is 0.248 e. The van der Waals surface area contributed by atoms with Crippen LogP contribution in [-0.2, 0) is 6.42 Å². The van der Waals surface area contributed by atoms with Crippen molar-refractivity contribution < 1.29 is 14.3 Å². The van der Waals surface area contributed by atoms with Crippen LogP contribution in [0.2, 0.25) is 0 Å². The third-order valence-electron chi connectivity index (χ3n) is 2.91. The van der Waals surface area contributed by atoms with Crippen LogP contribution in [0.5, 0.6) is 5.75 Å². The maximum absolute atomic E-state index is 10.9. The zero-order valence-corrected chi connectivity index (χ0v) is 10.9. The molecule has 0 aliphatic heterocycles. The summed E-state index contributed by atoms with van der Waals surface area (Å²) in [6.07, 6.45) is 1.53. The number of primary amides is 1. The van der Waals surface area contributed by atoms with Crippen molar-refractivity contribution in [2.45, 2.75) is 6.42 Å². The topological polar surface area (TPSA) is 69.4 Å². The molecule has 0 fully saturated rings. The Hall–Kier alpha value is -2.62. The Labute approximate surface area is 117 Å². The smallest absolute Gasteiger partial charge is 0.248 e. The Morgan fingerprint density at radius 3 is 2.25 bits per heavy atom. The van der Waals surface area contributed by atoms with E-state index >= 15 is 0 Å². The first-order chi connectivity index (χ1) is 9.69. The molecule has 2 aromatic rings. The van der Waals surface area contributed by atoms with Crippen molar-refractivity contribution in [3.05, 3.63) is 65.2 Å². The van der Waals surface area contributed by atoms with Crippen molar-refractivity contribution >= 4 is 12.2 Å². The normalized spacial score (nSPS) is 10.0. The van der Waals surface area contributed by atoms with E-state index in [-0.39, 0.29) is 0 Å². The lowest BCUT2D eigenvalue weighted by Gasteiger charge is -2.06. The largest absolute Gasteiger partial charge is 0.493 e. The second kappa shape index (κ2) is 6.52. The summed E-state index contributed by atoms with van der Waals surface area (Å²) in [6.45, 7) is 0.524. The molecule has 1 amide bonds. The van der Waals surface area contributed by atoms with Gasteiger partial charge in [-0.25, -0.2) is 0 Å². The van der Waals surface area contributed by atoms with Gasteiger partial charge in [0, 0.05) is 17.5 Å². The number of rotatable bonds is 6. The summed E-state index contributed by atoms with van der Waals surface area (Å²) in [6, 6.07) is 14.1. The predicted molar refractivity (Wildman–Crippen MR) is 76.0 cm³/mol. The number of carbonyl (C=O) groups excluding carboxylic acids is 2. The minimum absolute atomic E-state index is 0.428. The van der Waals surface area contributed by atoms with Gasteiger partial charge in [0.2, 0.25) is 5.91 Å². The highest BCUT2D eigenvalue weighted by molar-refractivity contribution is 5.92. The number of hydrogen-bond donors (Lipinski definition) is 1. The van der Waals surface area contributed by atoms with Gasteiger partial charge in [0.15, 0.2) is 0 Å². The molecule has 102 valence electrons. The van der Waals surface area contributed by atoms with Gasteiger partial charge >= 0.3 is 0 Å². The summed E-state index contributed by atoms with van der Waals surface area (Å²) in [5.74, 6) is 0.299. The van der Waals surface area contributed by atoms with Crippen LogP contribution >= 0.6 is 0 Å². The van der Waals surface area contributed by atoms with Gasteiger partial charge in [0.1, 0.15) is 12.0 Å². The van der Waals surface area contributed by atoms with Gasteiger partial charge < -0.3 is 10.5 Å². The predicted octanol–water partition coefficient (Wildman–Crippen LogP) is 2.22. The van der Waals surface area contributed by atoms with E-state index in [1.807, 2.05) is 12.1 Å². The first-order valence-corrected chi connectivity index (χ1v) is 6.26. The van der Waals surface area contributed by atoms with Gasteiger partial charge in [0.05, 0.1) is 6.61 Å². The van der Waals surface area contributed by atoms with E-state index in [1.54, 1.807) is 36.4 Å². The van der Waals surface area contributed by atoms with Crippen LogP contribution in [0.1, 0.15) is 26.3 Å². The van der Waals surface area contributed by atoms with E-state index in [0.717, 1.165) is 24.0 Å². The van der Waals surface area contributed by atoms with Gasteiger partial charge in [0.25, 0.3) is 0 Å². The van der Waals surface area contributed by atoms with Crippen LogP contribution < -0.4 is 10.5 Å². The Balaban J connectivity index is 1.85. The van der Waals surface area contributed by atoms with Crippen molar-refractivity contribution in [3.8, 4) is 5.75 Å². The van der Waals surface area contributed by atoms with Crippen LogP contribution in [0.15, 0.2) is 48.5 Å². The number of ether oxygens (including phenoxy) is 1. The van der Waals surface area contributed by atoms with E-state index in [0.29, 0.717) is 17.7 Å². The molecule has 4 heteroatoms. The van der Waals surface area contributed by atoms with E-state index in [2.05, 4.69) is 0 Å². The number of nitrogens with two attached hydrogens (primary N) is 1. The fourth-order valence-corrected chi connectivity index (χ4v) is 1.77. The molecule has 0 spiro atoms. The van der Waals surface area contributed by atoms with Crippen LogP contribution in [0.4, 0.5) is 0 Å². The molecule has 0 saturated heterocycles. The molecule has 4 nitrogen and oxygen atoms in total. The molecular weight excluding hydrogens is 254 g/mol. The van der Waals surface area contributed by atoms with E-state index < -0.39 is 5.91 Å². The van der Waals surface area contributed by atoms with Gasteiger partial charge in [-0.1, -0.05) is 12.1 Å². The molecule has 0 aliphatic rings. The first-order valence-electron chi connectivity index (χ1n) is 6.26. The number of hydrogen-bond acceptors (Lipinski definition) is 3. The number of aldehydes is 1. The summed E-state index contributed by atoms with van der Waals surface area (Å²) in [5, 5.41) is 0. The fraction of sp³-hybridized carbons (Fsp3) is 0.125. The van der Waals surface area contributed by atoms with E-state index in [4.69, 9.17) is 10.5 Å². The number of carbonyl (C=O) groups is 2. The first kappa shape index (κ1) is 13.8. The van der Waals surface area contributed by atoms with Crippen molar-refractivity contribution in [1.29, 1.82) is 0 Å². The monoisotopic (exact) mass is 269 g/mol. The molecule has 2 aromatic carbocycles. The molecule has 2 rings (SSSR count). The van der Waals surface area contributed by atoms with Crippen LogP contribution in [-0.4, -0.2) is 18.8 Å². The molecule has 0 bridgehead atoms. The average Bonchev–Trinajstić information content (AvgIpc) is 2.48. The number of amides is 1. The van der Waals surface area contributed by atoms with E-state index in [9.17, 15) is 9.59 Å². The SMILES string of the molecule is NC(=O)c1ccc(CCOc2ccc(C=O)cc2)cc1. The molecule has 0 saturated carbocycles. The van der Waals surface area contributed by atoms with Gasteiger partial charge in [-0.05, 0) is 42.0 Å². The Kier molecular flexibility index (Phi) is 4.50. The van der Waals surface area contributed by atoms with Gasteiger partial charge in [-0.3, -0.25) is 9.59 Å². The molecule has 0 aliphatic carbocycles. The van der Waals surface area contributed by atoms with Gasteiger partial charge in [-0.15, -0.1) is 0 Å². The van der Waals surface area contributed by atoms with Crippen molar-refractivity contribution in [3.63, 3.8) is 0 Å². The minimum atomic E-state index is -0.428. The molecule has 2 N–H and O–H groups in total. The molecule has 20 heavy (non-hydrogen) atoms. The molecular formula is C16H15NO3. The minimum Gasteiger partial charge on any atom is -0.493 e.